The van der Waals surface area contributed by atoms with Crippen LogP contribution in [0, 0.1) is 5.82 Å². The number of benzene rings is 2. The van der Waals surface area contributed by atoms with Gasteiger partial charge < -0.3 is 9.64 Å². The second-order valence-corrected chi connectivity index (χ2v) is 6.97. The molecule has 0 bridgehead atoms. The van der Waals surface area contributed by atoms with E-state index in [9.17, 15) is 22.4 Å². The highest BCUT2D eigenvalue weighted by Gasteiger charge is 2.35. The molecule has 2 aromatic rings. The largest absolute Gasteiger partial charge is 0.573 e. The van der Waals surface area contributed by atoms with E-state index in [1.54, 1.807) is 24.3 Å². The summed E-state index contributed by atoms with van der Waals surface area (Å²) in [7, 11) is 0. The Morgan fingerprint density at radius 3 is 2.50 bits per heavy atom. The van der Waals surface area contributed by atoms with Crippen molar-refractivity contribution in [1.82, 2.24) is 0 Å². The number of fused-ring (bicyclic) bond motifs is 1. The minimum atomic E-state index is -5.02. The van der Waals surface area contributed by atoms with Crippen LogP contribution in [0.5, 0.6) is 5.75 Å². The summed E-state index contributed by atoms with van der Waals surface area (Å²) < 4.78 is 54.8. The van der Waals surface area contributed by atoms with Crippen molar-refractivity contribution in [3.8, 4) is 5.75 Å². The van der Waals surface area contributed by atoms with E-state index >= 15 is 0 Å². The van der Waals surface area contributed by atoms with Gasteiger partial charge in [-0.3, -0.25) is 4.79 Å². The van der Waals surface area contributed by atoms with Crippen molar-refractivity contribution in [3.05, 3.63) is 58.4 Å². The van der Waals surface area contributed by atoms with E-state index < -0.39 is 22.8 Å². The molecule has 0 aromatic heterocycles. The molecule has 1 unspecified atom stereocenters. The molecular weight excluding hydrogens is 442 g/mol. The summed E-state index contributed by atoms with van der Waals surface area (Å²) in [5.41, 5.74) is 1.29. The Morgan fingerprint density at radius 1 is 1.23 bits per heavy atom. The fourth-order valence-corrected chi connectivity index (χ4v) is 3.41. The maximum absolute atomic E-state index is 13.8. The summed E-state index contributed by atoms with van der Waals surface area (Å²) in [6.07, 6.45) is -4.69. The smallest absolute Gasteiger partial charge is 0.403 e. The third-order valence-corrected chi connectivity index (χ3v) is 5.07. The lowest BCUT2D eigenvalue weighted by atomic mass is 10.1. The van der Waals surface area contributed by atoms with Crippen LogP contribution in [0.4, 0.5) is 23.2 Å². The minimum Gasteiger partial charge on any atom is -0.403 e. The Balaban J connectivity index is 1.89. The van der Waals surface area contributed by atoms with E-state index in [0.717, 1.165) is 12.1 Å². The van der Waals surface area contributed by atoms with Gasteiger partial charge in [-0.1, -0.05) is 39.7 Å². The summed E-state index contributed by atoms with van der Waals surface area (Å²) >= 11 is 9.12. The van der Waals surface area contributed by atoms with Crippen molar-refractivity contribution >= 4 is 39.1 Å². The molecule has 0 spiro atoms. The number of nitrogens with zero attached hydrogens (tertiary/aromatic N) is 1. The van der Waals surface area contributed by atoms with Crippen molar-refractivity contribution in [1.29, 1.82) is 0 Å². The van der Waals surface area contributed by atoms with E-state index in [1.165, 1.54) is 4.90 Å². The Bertz CT molecular complexity index is 842. The van der Waals surface area contributed by atoms with Crippen molar-refractivity contribution in [3.63, 3.8) is 0 Å². The topological polar surface area (TPSA) is 29.5 Å². The number of carbonyl (C=O) groups is 1. The quantitative estimate of drug-likeness (QED) is 0.461. The predicted octanol–water partition coefficient (Wildman–Crippen LogP) is 5.40. The zero-order valence-electron chi connectivity index (χ0n) is 13.0. The molecule has 3 rings (SSSR count). The first-order valence-corrected chi connectivity index (χ1v) is 8.74. The molecule has 1 aliphatic heterocycles. The third-order valence-electron chi connectivity index (χ3n) is 3.90. The third kappa shape index (κ3) is 3.96. The molecular formula is C17H11BrClF4NO2. The first-order valence-electron chi connectivity index (χ1n) is 7.45. The predicted molar refractivity (Wildman–Crippen MR) is 92.3 cm³/mol. The number of amides is 1. The number of carbonyl (C=O) groups excluding carboxylic acids is 1. The Morgan fingerprint density at radius 2 is 1.88 bits per heavy atom. The molecule has 0 N–H and O–H groups in total. The highest BCUT2D eigenvalue weighted by atomic mass is 79.9. The highest BCUT2D eigenvalue weighted by Crippen LogP contribution is 2.38. The normalized spacial score (nSPS) is 14.9. The summed E-state index contributed by atoms with van der Waals surface area (Å²) in [6, 6.07) is 8.46. The Hall–Kier alpha value is -1.80. The van der Waals surface area contributed by atoms with Gasteiger partial charge in [0.2, 0.25) is 5.91 Å². The number of hydrogen-bond donors (Lipinski definition) is 0. The molecule has 0 saturated heterocycles. The monoisotopic (exact) mass is 451 g/mol. The van der Waals surface area contributed by atoms with Crippen LogP contribution in [-0.2, 0) is 11.2 Å². The molecule has 0 fully saturated rings. The number of halogens is 6. The number of alkyl halides is 4. The molecule has 138 valence electrons. The SMILES string of the molecule is O=C(C(Br)c1ccc(Cl)cc1)N1CCc2cc(F)c(OC(F)(F)F)cc21. The van der Waals surface area contributed by atoms with Gasteiger partial charge in [0, 0.05) is 17.6 Å². The molecule has 26 heavy (non-hydrogen) atoms. The van der Waals surface area contributed by atoms with E-state index in [1.807, 2.05) is 0 Å². The summed E-state index contributed by atoms with van der Waals surface area (Å²) in [5, 5.41) is 0.511. The van der Waals surface area contributed by atoms with Gasteiger partial charge in [-0.15, -0.1) is 13.2 Å². The molecule has 1 atom stereocenters. The maximum atomic E-state index is 13.8. The average molecular weight is 453 g/mol. The van der Waals surface area contributed by atoms with E-state index in [0.29, 0.717) is 22.6 Å². The van der Waals surface area contributed by atoms with Crippen LogP contribution in [0.25, 0.3) is 0 Å². The molecule has 1 amide bonds. The van der Waals surface area contributed by atoms with E-state index in [2.05, 4.69) is 20.7 Å². The van der Waals surface area contributed by atoms with Gasteiger partial charge in [0.1, 0.15) is 4.83 Å². The summed E-state index contributed by atoms with van der Waals surface area (Å²) in [5.74, 6) is -2.47. The maximum Gasteiger partial charge on any atom is 0.573 e. The van der Waals surface area contributed by atoms with Gasteiger partial charge in [0.25, 0.3) is 0 Å². The fourth-order valence-electron chi connectivity index (χ4n) is 2.73. The van der Waals surface area contributed by atoms with Crippen LogP contribution in [0.2, 0.25) is 5.02 Å². The van der Waals surface area contributed by atoms with Gasteiger partial charge in [-0.25, -0.2) is 4.39 Å². The second-order valence-electron chi connectivity index (χ2n) is 5.61. The van der Waals surface area contributed by atoms with Gasteiger partial charge >= 0.3 is 6.36 Å². The lowest BCUT2D eigenvalue weighted by molar-refractivity contribution is -0.275. The van der Waals surface area contributed by atoms with Crippen LogP contribution in [-0.4, -0.2) is 18.8 Å². The fraction of sp³-hybridized carbons (Fsp3) is 0.235. The molecule has 0 aliphatic carbocycles. The van der Waals surface area contributed by atoms with E-state index in [-0.39, 0.29) is 18.1 Å². The summed E-state index contributed by atoms with van der Waals surface area (Å²) in [4.78, 5) is 13.4. The molecule has 3 nitrogen and oxygen atoms in total. The average Bonchev–Trinajstić information content (AvgIpc) is 2.96. The lowest BCUT2D eigenvalue weighted by Gasteiger charge is -2.22. The lowest BCUT2D eigenvalue weighted by Crippen LogP contribution is -2.31. The van der Waals surface area contributed by atoms with Crippen molar-refractivity contribution < 1.29 is 27.1 Å². The van der Waals surface area contributed by atoms with Crippen molar-refractivity contribution in [2.75, 3.05) is 11.4 Å². The van der Waals surface area contributed by atoms with E-state index in [4.69, 9.17) is 11.6 Å². The number of hydrogen-bond acceptors (Lipinski definition) is 2. The number of ether oxygens (including phenoxy) is 1. The molecule has 0 saturated carbocycles. The van der Waals surface area contributed by atoms with Crippen LogP contribution >= 0.6 is 27.5 Å². The van der Waals surface area contributed by atoms with Crippen LogP contribution < -0.4 is 9.64 Å². The molecule has 1 heterocycles. The van der Waals surface area contributed by atoms with Gasteiger partial charge in [-0.05, 0) is 35.7 Å². The van der Waals surface area contributed by atoms with Gasteiger partial charge in [0.05, 0.1) is 5.69 Å². The summed E-state index contributed by atoms with van der Waals surface area (Å²) in [6.45, 7) is 0.235. The minimum absolute atomic E-state index is 0.203. The van der Waals surface area contributed by atoms with Crippen LogP contribution in [0.3, 0.4) is 0 Å². The highest BCUT2D eigenvalue weighted by molar-refractivity contribution is 9.09. The first-order chi connectivity index (χ1) is 12.2. The zero-order valence-corrected chi connectivity index (χ0v) is 15.3. The first kappa shape index (κ1) is 19.0. The van der Waals surface area contributed by atoms with Gasteiger partial charge in [0.15, 0.2) is 11.6 Å². The second kappa shape index (κ2) is 7.08. The van der Waals surface area contributed by atoms with Crippen molar-refractivity contribution in [2.45, 2.75) is 17.6 Å². The Labute approximate surface area is 159 Å². The van der Waals surface area contributed by atoms with Crippen LogP contribution in [0.1, 0.15) is 16.0 Å². The number of rotatable bonds is 3. The van der Waals surface area contributed by atoms with Crippen LogP contribution in [0.15, 0.2) is 36.4 Å². The molecule has 9 heteroatoms. The molecule has 1 aliphatic rings. The molecule has 2 aromatic carbocycles. The van der Waals surface area contributed by atoms with Gasteiger partial charge in [-0.2, -0.15) is 0 Å². The molecule has 0 radical (unpaired) electrons. The number of anilines is 1. The zero-order chi connectivity index (χ0) is 19.1. The van der Waals surface area contributed by atoms with Crippen molar-refractivity contribution in [2.24, 2.45) is 0 Å². The Kier molecular flexibility index (Phi) is 5.16. The standard InChI is InChI=1S/C17H11BrClF4NO2/c18-15(9-1-3-11(19)4-2-9)16(25)24-6-5-10-7-12(20)14(8-13(10)24)26-17(21,22)23/h1-4,7-8,15H,5-6H2.